The predicted octanol–water partition coefficient (Wildman–Crippen LogP) is 1.98. The number of nitrogens with zero attached hydrogens (tertiary/aromatic N) is 1. The summed E-state index contributed by atoms with van der Waals surface area (Å²) in [5.74, 6) is 0.965. The third kappa shape index (κ3) is 6.19. The van der Waals surface area contributed by atoms with E-state index in [4.69, 9.17) is 14.2 Å². The SMILES string of the molecule is Cc1ccccc1O[C@H](C)C(=O)NCCOc1ccc(S(=O)(=O)N2CCOCC2)cc1. The van der Waals surface area contributed by atoms with Crippen LogP contribution < -0.4 is 14.8 Å². The Bertz CT molecular complexity index is 972. The molecule has 1 aliphatic heterocycles. The molecule has 1 atom stereocenters. The minimum Gasteiger partial charge on any atom is -0.492 e. The summed E-state index contributed by atoms with van der Waals surface area (Å²) in [7, 11) is -3.53. The second-order valence-corrected chi connectivity index (χ2v) is 9.09. The van der Waals surface area contributed by atoms with Crippen LogP contribution >= 0.6 is 0 Å². The van der Waals surface area contributed by atoms with E-state index in [9.17, 15) is 13.2 Å². The molecule has 2 aromatic rings. The van der Waals surface area contributed by atoms with E-state index in [0.717, 1.165) is 5.56 Å². The molecule has 0 aromatic heterocycles. The molecule has 9 heteroatoms. The molecule has 0 radical (unpaired) electrons. The van der Waals surface area contributed by atoms with Crippen molar-refractivity contribution >= 4 is 15.9 Å². The molecule has 1 saturated heterocycles. The van der Waals surface area contributed by atoms with Gasteiger partial charge in [0.2, 0.25) is 10.0 Å². The zero-order chi connectivity index (χ0) is 22.3. The van der Waals surface area contributed by atoms with E-state index in [0.29, 0.717) is 44.3 Å². The average Bonchev–Trinajstić information content (AvgIpc) is 2.79. The van der Waals surface area contributed by atoms with E-state index in [-0.39, 0.29) is 17.4 Å². The van der Waals surface area contributed by atoms with Crippen LogP contribution in [0.3, 0.4) is 0 Å². The largest absolute Gasteiger partial charge is 0.492 e. The summed E-state index contributed by atoms with van der Waals surface area (Å²) in [6.45, 7) is 5.67. The maximum atomic E-state index is 12.6. The molecular formula is C22H28N2O6S. The molecule has 0 unspecified atom stereocenters. The number of carbonyl (C=O) groups is 1. The molecule has 31 heavy (non-hydrogen) atoms. The van der Waals surface area contributed by atoms with Crippen molar-refractivity contribution in [2.45, 2.75) is 24.8 Å². The number of hydrogen-bond donors (Lipinski definition) is 1. The molecule has 3 rings (SSSR count). The van der Waals surface area contributed by atoms with Gasteiger partial charge in [-0.2, -0.15) is 4.31 Å². The number of carbonyl (C=O) groups excluding carboxylic acids is 1. The lowest BCUT2D eigenvalue weighted by Gasteiger charge is -2.26. The lowest BCUT2D eigenvalue weighted by Crippen LogP contribution is -2.40. The van der Waals surface area contributed by atoms with Crippen molar-refractivity contribution in [2.75, 3.05) is 39.5 Å². The fraction of sp³-hybridized carbons (Fsp3) is 0.409. The molecule has 0 bridgehead atoms. The van der Waals surface area contributed by atoms with Crippen LogP contribution in [0, 0.1) is 6.92 Å². The molecule has 2 aromatic carbocycles. The van der Waals surface area contributed by atoms with Gasteiger partial charge in [-0.25, -0.2) is 8.42 Å². The topological polar surface area (TPSA) is 94.2 Å². The molecule has 0 spiro atoms. The molecule has 0 saturated carbocycles. The third-order valence-corrected chi connectivity index (χ3v) is 6.78. The highest BCUT2D eigenvalue weighted by molar-refractivity contribution is 7.89. The maximum Gasteiger partial charge on any atom is 0.260 e. The Hall–Kier alpha value is -2.62. The van der Waals surface area contributed by atoms with E-state index in [2.05, 4.69) is 5.32 Å². The summed E-state index contributed by atoms with van der Waals surface area (Å²) in [6.07, 6.45) is -0.634. The van der Waals surface area contributed by atoms with Crippen molar-refractivity contribution in [3.63, 3.8) is 0 Å². The van der Waals surface area contributed by atoms with Gasteiger partial charge in [-0.1, -0.05) is 18.2 Å². The van der Waals surface area contributed by atoms with Crippen molar-refractivity contribution < 1.29 is 27.4 Å². The second-order valence-electron chi connectivity index (χ2n) is 7.15. The lowest BCUT2D eigenvalue weighted by molar-refractivity contribution is -0.127. The van der Waals surface area contributed by atoms with Gasteiger partial charge in [0.25, 0.3) is 5.91 Å². The van der Waals surface area contributed by atoms with E-state index in [1.54, 1.807) is 19.1 Å². The van der Waals surface area contributed by atoms with Crippen LogP contribution in [0.15, 0.2) is 53.4 Å². The summed E-state index contributed by atoms with van der Waals surface area (Å²) in [6, 6.07) is 13.8. The van der Waals surface area contributed by atoms with Gasteiger partial charge in [-0.05, 0) is 49.7 Å². The normalized spacial score (nSPS) is 15.8. The van der Waals surface area contributed by atoms with Gasteiger partial charge in [-0.3, -0.25) is 4.79 Å². The number of ether oxygens (including phenoxy) is 3. The standard InChI is InChI=1S/C22H28N2O6S/c1-17-5-3-4-6-21(17)30-18(2)22(25)23-11-14-29-19-7-9-20(10-8-19)31(26,27)24-12-15-28-16-13-24/h3-10,18H,11-16H2,1-2H3,(H,23,25)/t18-/m1/s1. The zero-order valence-electron chi connectivity index (χ0n) is 17.7. The van der Waals surface area contributed by atoms with Gasteiger partial charge in [0.15, 0.2) is 6.10 Å². The van der Waals surface area contributed by atoms with Crippen LogP contribution in [-0.4, -0.2) is 64.2 Å². The van der Waals surface area contributed by atoms with Crippen molar-refractivity contribution in [1.29, 1.82) is 0 Å². The summed E-state index contributed by atoms with van der Waals surface area (Å²) >= 11 is 0. The number of nitrogens with one attached hydrogen (secondary N) is 1. The summed E-state index contributed by atoms with van der Waals surface area (Å²) in [4.78, 5) is 12.4. The highest BCUT2D eigenvalue weighted by Gasteiger charge is 2.26. The van der Waals surface area contributed by atoms with Crippen molar-refractivity contribution in [3.8, 4) is 11.5 Å². The zero-order valence-corrected chi connectivity index (χ0v) is 18.6. The summed E-state index contributed by atoms with van der Waals surface area (Å²) in [5.41, 5.74) is 0.963. The fourth-order valence-corrected chi connectivity index (χ4v) is 4.47. The number of hydrogen-bond acceptors (Lipinski definition) is 6. The third-order valence-electron chi connectivity index (χ3n) is 4.87. The molecule has 8 nitrogen and oxygen atoms in total. The Labute approximate surface area is 183 Å². The van der Waals surface area contributed by atoms with Crippen LogP contribution in [0.4, 0.5) is 0 Å². The summed E-state index contributed by atoms with van der Waals surface area (Å²) < 4.78 is 43.2. The molecular weight excluding hydrogens is 420 g/mol. The number of aryl methyl sites for hydroxylation is 1. The predicted molar refractivity (Wildman–Crippen MR) is 116 cm³/mol. The highest BCUT2D eigenvalue weighted by Crippen LogP contribution is 2.20. The Morgan fingerprint density at radius 3 is 2.48 bits per heavy atom. The van der Waals surface area contributed by atoms with Gasteiger partial charge < -0.3 is 19.5 Å². The Kier molecular flexibility index (Phi) is 7.89. The van der Waals surface area contributed by atoms with Crippen LogP contribution in [-0.2, 0) is 19.6 Å². The molecule has 1 heterocycles. The first-order valence-corrected chi connectivity index (χ1v) is 11.6. The Balaban J connectivity index is 1.43. The summed E-state index contributed by atoms with van der Waals surface area (Å²) in [5, 5.41) is 2.77. The van der Waals surface area contributed by atoms with Crippen LogP contribution in [0.1, 0.15) is 12.5 Å². The maximum absolute atomic E-state index is 12.6. The van der Waals surface area contributed by atoms with Gasteiger partial charge in [-0.15, -0.1) is 0 Å². The van der Waals surface area contributed by atoms with Crippen molar-refractivity contribution in [1.82, 2.24) is 9.62 Å². The molecule has 0 aliphatic carbocycles. The molecule has 1 amide bonds. The molecule has 1 N–H and O–H groups in total. The van der Waals surface area contributed by atoms with Gasteiger partial charge in [0.05, 0.1) is 24.7 Å². The number of sulfonamides is 1. The fourth-order valence-electron chi connectivity index (χ4n) is 3.06. The molecule has 168 valence electrons. The van der Waals surface area contributed by atoms with Gasteiger partial charge in [0.1, 0.15) is 18.1 Å². The van der Waals surface area contributed by atoms with Crippen molar-refractivity contribution in [2.24, 2.45) is 0 Å². The highest BCUT2D eigenvalue weighted by atomic mass is 32.2. The number of rotatable bonds is 9. The quantitative estimate of drug-likeness (QED) is 0.590. The first-order chi connectivity index (χ1) is 14.9. The van der Waals surface area contributed by atoms with Crippen LogP contribution in [0.5, 0.6) is 11.5 Å². The Morgan fingerprint density at radius 1 is 1.13 bits per heavy atom. The van der Waals surface area contributed by atoms with Gasteiger partial charge in [0, 0.05) is 13.1 Å². The van der Waals surface area contributed by atoms with E-state index < -0.39 is 16.1 Å². The second kappa shape index (κ2) is 10.6. The smallest absolute Gasteiger partial charge is 0.260 e. The lowest BCUT2D eigenvalue weighted by atomic mass is 10.2. The first kappa shape index (κ1) is 23.1. The van der Waals surface area contributed by atoms with E-state index >= 15 is 0 Å². The molecule has 1 aliphatic rings. The number of amides is 1. The van der Waals surface area contributed by atoms with Crippen LogP contribution in [0.25, 0.3) is 0 Å². The molecule has 1 fully saturated rings. The van der Waals surface area contributed by atoms with Gasteiger partial charge >= 0.3 is 0 Å². The number of morpholine rings is 1. The number of para-hydroxylation sites is 1. The van der Waals surface area contributed by atoms with E-state index in [1.165, 1.54) is 16.4 Å². The first-order valence-electron chi connectivity index (χ1n) is 10.2. The number of benzene rings is 2. The average molecular weight is 449 g/mol. The Morgan fingerprint density at radius 2 is 1.81 bits per heavy atom. The monoisotopic (exact) mass is 448 g/mol. The minimum atomic E-state index is -3.53. The van der Waals surface area contributed by atoms with Crippen LogP contribution in [0.2, 0.25) is 0 Å². The minimum absolute atomic E-state index is 0.220. The van der Waals surface area contributed by atoms with Crippen molar-refractivity contribution in [3.05, 3.63) is 54.1 Å². The van der Waals surface area contributed by atoms with E-state index in [1.807, 2.05) is 31.2 Å².